The van der Waals surface area contributed by atoms with Gasteiger partial charge in [-0.3, -0.25) is 9.69 Å². The first-order chi connectivity index (χ1) is 9.84. The highest BCUT2D eigenvalue weighted by Crippen LogP contribution is 2.44. The minimum atomic E-state index is -0.0152. The minimum Gasteiger partial charge on any atom is -0.354 e. The number of carbonyl (C=O) groups excluding carboxylic acids is 1. The van der Waals surface area contributed by atoms with Crippen LogP contribution in [-0.2, 0) is 4.79 Å². The lowest BCUT2D eigenvalue weighted by molar-refractivity contribution is -0.132. The molecule has 0 bridgehead atoms. The van der Waals surface area contributed by atoms with Crippen LogP contribution in [-0.4, -0.2) is 42.5 Å². The van der Waals surface area contributed by atoms with E-state index in [1.54, 1.807) is 0 Å². The van der Waals surface area contributed by atoms with E-state index in [2.05, 4.69) is 37.9 Å². The van der Waals surface area contributed by atoms with Crippen LogP contribution in [0.25, 0.3) is 0 Å². The maximum Gasteiger partial charge on any atom is 0.223 e. The van der Waals surface area contributed by atoms with Crippen LogP contribution in [0.5, 0.6) is 0 Å². The molecule has 1 saturated heterocycles. The molecule has 4 nitrogen and oxygen atoms in total. The second-order valence-corrected chi connectivity index (χ2v) is 7.74. The summed E-state index contributed by atoms with van der Waals surface area (Å²) < 4.78 is 0. The zero-order valence-corrected chi connectivity index (χ0v) is 14.2. The minimum absolute atomic E-state index is 0.0152. The molecule has 0 aromatic carbocycles. The second-order valence-electron chi connectivity index (χ2n) is 7.74. The van der Waals surface area contributed by atoms with E-state index in [0.717, 1.165) is 19.4 Å². The Kier molecular flexibility index (Phi) is 5.31. The van der Waals surface area contributed by atoms with Crippen molar-refractivity contribution in [3.8, 4) is 0 Å². The fourth-order valence-electron chi connectivity index (χ4n) is 4.00. The smallest absolute Gasteiger partial charge is 0.223 e. The molecule has 1 aliphatic heterocycles. The molecule has 1 heterocycles. The van der Waals surface area contributed by atoms with Crippen molar-refractivity contribution < 1.29 is 4.79 Å². The Balaban J connectivity index is 1.87. The summed E-state index contributed by atoms with van der Waals surface area (Å²) in [5.41, 5.74) is 6.17. The topological polar surface area (TPSA) is 58.4 Å². The molecular formula is C17H33N3O. The molecule has 1 aliphatic carbocycles. The first-order valence-electron chi connectivity index (χ1n) is 8.61. The van der Waals surface area contributed by atoms with Crippen molar-refractivity contribution in [2.24, 2.45) is 23.0 Å². The molecule has 0 aromatic rings. The predicted molar refractivity (Wildman–Crippen MR) is 86.9 cm³/mol. The monoisotopic (exact) mass is 295 g/mol. The standard InChI is InChI=1S/C17H33N3O/c1-12(20-9-5-6-10-20)11-19-16(21)14-7-8-15(18)13(2)17(14,3)4/h12-15H,5-11,18H2,1-4H3,(H,19,21). The Labute approximate surface area is 129 Å². The molecule has 0 radical (unpaired) electrons. The van der Waals surface area contributed by atoms with Crippen molar-refractivity contribution >= 4 is 5.91 Å². The molecule has 4 atom stereocenters. The third kappa shape index (κ3) is 3.59. The van der Waals surface area contributed by atoms with Crippen molar-refractivity contribution in [1.82, 2.24) is 10.2 Å². The molecule has 122 valence electrons. The summed E-state index contributed by atoms with van der Waals surface area (Å²) in [7, 11) is 0. The predicted octanol–water partition coefficient (Wildman–Crippen LogP) is 1.99. The number of carbonyl (C=O) groups is 1. The van der Waals surface area contributed by atoms with Crippen LogP contribution in [0.1, 0.15) is 53.4 Å². The van der Waals surface area contributed by atoms with Crippen LogP contribution in [0.3, 0.4) is 0 Å². The van der Waals surface area contributed by atoms with Crippen molar-refractivity contribution in [1.29, 1.82) is 0 Å². The Hall–Kier alpha value is -0.610. The zero-order chi connectivity index (χ0) is 15.6. The van der Waals surface area contributed by atoms with Gasteiger partial charge in [0, 0.05) is 24.5 Å². The van der Waals surface area contributed by atoms with Crippen molar-refractivity contribution in [2.45, 2.75) is 65.5 Å². The fourth-order valence-corrected chi connectivity index (χ4v) is 4.00. The highest BCUT2D eigenvalue weighted by molar-refractivity contribution is 5.79. The number of hydrogen-bond acceptors (Lipinski definition) is 3. The average molecular weight is 295 g/mol. The largest absolute Gasteiger partial charge is 0.354 e. The molecule has 2 rings (SSSR count). The van der Waals surface area contributed by atoms with Gasteiger partial charge in [0.1, 0.15) is 0 Å². The molecule has 2 aliphatic rings. The van der Waals surface area contributed by atoms with Crippen LogP contribution in [0.2, 0.25) is 0 Å². The average Bonchev–Trinajstić information content (AvgIpc) is 2.96. The highest BCUT2D eigenvalue weighted by Gasteiger charge is 2.44. The Morgan fingerprint density at radius 1 is 1.33 bits per heavy atom. The number of likely N-dealkylation sites (tertiary alicyclic amines) is 1. The first kappa shape index (κ1) is 16.8. The second kappa shape index (κ2) is 6.66. The molecule has 4 unspecified atom stereocenters. The van der Waals surface area contributed by atoms with Crippen LogP contribution in [0.4, 0.5) is 0 Å². The van der Waals surface area contributed by atoms with Crippen LogP contribution >= 0.6 is 0 Å². The number of rotatable bonds is 4. The molecule has 0 spiro atoms. The summed E-state index contributed by atoms with van der Waals surface area (Å²) in [6, 6.07) is 0.676. The lowest BCUT2D eigenvalue weighted by Crippen LogP contribution is -2.52. The van der Waals surface area contributed by atoms with E-state index in [0.29, 0.717) is 12.0 Å². The van der Waals surface area contributed by atoms with Crippen molar-refractivity contribution in [3.05, 3.63) is 0 Å². The Morgan fingerprint density at radius 2 is 1.95 bits per heavy atom. The van der Waals surface area contributed by atoms with E-state index in [1.165, 1.54) is 25.9 Å². The lowest BCUT2D eigenvalue weighted by atomic mass is 9.61. The van der Waals surface area contributed by atoms with E-state index in [-0.39, 0.29) is 23.3 Å². The number of nitrogens with two attached hydrogens (primary N) is 1. The molecular weight excluding hydrogens is 262 g/mol. The Morgan fingerprint density at radius 3 is 2.57 bits per heavy atom. The van der Waals surface area contributed by atoms with Gasteiger partial charge in [0.2, 0.25) is 5.91 Å². The maximum absolute atomic E-state index is 12.6. The summed E-state index contributed by atoms with van der Waals surface area (Å²) in [4.78, 5) is 15.1. The van der Waals surface area contributed by atoms with Crippen LogP contribution in [0.15, 0.2) is 0 Å². The molecule has 1 amide bonds. The van der Waals surface area contributed by atoms with E-state index in [9.17, 15) is 4.79 Å². The fraction of sp³-hybridized carbons (Fsp3) is 0.941. The summed E-state index contributed by atoms with van der Waals surface area (Å²) in [5.74, 6) is 0.709. The number of nitrogens with one attached hydrogen (secondary N) is 1. The van der Waals surface area contributed by atoms with Gasteiger partial charge >= 0.3 is 0 Å². The molecule has 4 heteroatoms. The van der Waals surface area contributed by atoms with E-state index in [4.69, 9.17) is 5.73 Å². The van der Waals surface area contributed by atoms with Crippen molar-refractivity contribution in [3.63, 3.8) is 0 Å². The zero-order valence-electron chi connectivity index (χ0n) is 14.2. The number of amides is 1. The Bertz CT molecular complexity index is 363. The number of hydrogen-bond donors (Lipinski definition) is 2. The lowest BCUT2D eigenvalue weighted by Gasteiger charge is -2.46. The number of nitrogens with zero attached hydrogens (tertiary/aromatic N) is 1. The van der Waals surface area contributed by atoms with Crippen molar-refractivity contribution in [2.75, 3.05) is 19.6 Å². The van der Waals surface area contributed by atoms with Gasteiger partial charge in [-0.1, -0.05) is 20.8 Å². The first-order valence-corrected chi connectivity index (χ1v) is 8.61. The van der Waals surface area contributed by atoms with Gasteiger partial charge in [0.25, 0.3) is 0 Å². The van der Waals surface area contributed by atoms with Gasteiger partial charge in [-0.2, -0.15) is 0 Å². The normalized spacial score (nSPS) is 34.6. The third-order valence-electron chi connectivity index (χ3n) is 6.15. The van der Waals surface area contributed by atoms with Gasteiger partial charge in [-0.05, 0) is 57.0 Å². The molecule has 3 N–H and O–H groups in total. The van der Waals surface area contributed by atoms with Gasteiger partial charge in [0.15, 0.2) is 0 Å². The van der Waals surface area contributed by atoms with Crippen LogP contribution < -0.4 is 11.1 Å². The summed E-state index contributed by atoms with van der Waals surface area (Å²) in [6.45, 7) is 11.9. The molecule has 1 saturated carbocycles. The van der Waals surface area contributed by atoms with Crippen LogP contribution in [0, 0.1) is 17.3 Å². The van der Waals surface area contributed by atoms with Gasteiger partial charge in [-0.15, -0.1) is 0 Å². The van der Waals surface area contributed by atoms with Gasteiger partial charge in [-0.25, -0.2) is 0 Å². The van der Waals surface area contributed by atoms with Gasteiger partial charge < -0.3 is 11.1 Å². The summed E-state index contributed by atoms with van der Waals surface area (Å²) >= 11 is 0. The maximum atomic E-state index is 12.6. The van der Waals surface area contributed by atoms with Gasteiger partial charge in [0.05, 0.1) is 0 Å². The quantitative estimate of drug-likeness (QED) is 0.834. The summed E-state index contributed by atoms with van der Waals surface area (Å²) in [5, 5.41) is 3.20. The van der Waals surface area contributed by atoms with E-state index < -0.39 is 0 Å². The molecule has 21 heavy (non-hydrogen) atoms. The SMILES string of the molecule is CC(CNC(=O)C1CCC(N)C(C)C1(C)C)N1CCCC1. The highest BCUT2D eigenvalue weighted by atomic mass is 16.1. The molecule has 0 aromatic heterocycles. The molecule has 2 fully saturated rings. The third-order valence-corrected chi connectivity index (χ3v) is 6.15. The van der Waals surface area contributed by atoms with E-state index >= 15 is 0 Å². The summed E-state index contributed by atoms with van der Waals surface area (Å²) in [6.07, 6.45) is 4.47. The van der Waals surface area contributed by atoms with E-state index in [1.807, 2.05) is 0 Å².